The molecule has 2 aromatic heterocycles. The van der Waals surface area contributed by atoms with E-state index in [1.807, 2.05) is 34.8 Å². The summed E-state index contributed by atoms with van der Waals surface area (Å²) in [5.41, 5.74) is 14.5. The number of carbonyl (C=O) groups is 2. The molecular formula is C33H37BF2N10O3. The fourth-order valence-corrected chi connectivity index (χ4v) is 6.21. The Morgan fingerprint density at radius 2 is 1.84 bits per heavy atom. The first kappa shape index (κ1) is 32.6. The molecule has 13 nitrogen and oxygen atoms in total. The molecule has 2 radical (unpaired) electrons. The van der Waals surface area contributed by atoms with Crippen molar-refractivity contribution in [1.29, 1.82) is 0 Å². The minimum Gasteiger partial charge on any atom is -0.393 e. The molecule has 1 aromatic carbocycles. The third kappa shape index (κ3) is 6.45. The minimum absolute atomic E-state index is 0.0547. The van der Waals surface area contributed by atoms with Crippen molar-refractivity contribution in [2.75, 3.05) is 30.4 Å². The van der Waals surface area contributed by atoms with Gasteiger partial charge in [0.1, 0.15) is 30.7 Å². The van der Waals surface area contributed by atoms with Crippen molar-refractivity contribution in [3.8, 4) is 11.1 Å². The van der Waals surface area contributed by atoms with E-state index in [1.165, 1.54) is 24.3 Å². The van der Waals surface area contributed by atoms with E-state index in [0.717, 1.165) is 48.2 Å². The lowest BCUT2D eigenvalue weighted by Gasteiger charge is -2.48. The number of carbonyl (C=O) groups excluding carboxylic acids is 2. The first-order valence-corrected chi connectivity index (χ1v) is 16.2. The predicted octanol–water partition coefficient (Wildman–Crippen LogP) is 1.85. The van der Waals surface area contributed by atoms with Crippen LogP contribution in [-0.2, 0) is 21.8 Å². The van der Waals surface area contributed by atoms with Crippen LogP contribution in [0, 0.1) is 5.92 Å². The molecule has 0 spiro atoms. The number of likely N-dealkylation sites (tertiary alicyclic amines) is 1. The lowest BCUT2D eigenvalue weighted by atomic mass is 9.82. The number of alkyl halides is 2. The van der Waals surface area contributed by atoms with Gasteiger partial charge in [-0.1, -0.05) is 18.2 Å². The average molecular weight is 671 g/mol. The molecule has 2 amide bonds. The summed E-state index contributed by atoms with van der Waals surface area (Å²) < 4.78 is 28.4. The number of hydrogen-bond acceptors (Lipinski definition) is 10. The first-order chi connectivity index (χ1) is 23.4. The number of aliphatic hydroxyl groups is 1. The number of rotatable bonds is 11. The number of nitrogens with one attached hydrogen (secondary N) is 3. The number of aromatic nitrogens is 3. The number of nitrogens with zero attached hydrogens (tertiary/aromatic N) is 5. The Bertz CT molecular complexity index is 1860. The summed E-state index contributed by atoms with van der Waals surface area (Å²) in [5.74, 6) is -0.585. The third-order valence-electron chi connectivity index (χ3n) is 9.29. The van der Waals surface area contributed by atoms with Crippen molar-refractivity contribution in [2.45, 2.75) is 56.4 Å². The summed E-state index contributed by atoms with van der Waals surface area (Å²) in [6.45, 7) is 1.12. The fraction of sp³-hybridized carbons (Fsp3) is 0.394. The van der Waals surface area contributed by atoms with Crippen LogP contribution in [0.5, 0.6) is 0 Å². The largest absolute Gasteiger partial charge is 0.393 e. The summed E-state index contributed by atoms with van der Waals surface area (Å²) in [7, 11) is 8.14. The molecule has 2 aliphatic carbocycles. The Morgan fingerprint density at radius 1 is 1.10 bits per heavy atom. The van der Waals surface area contributed by atoms with Gasteiger partial charge in [0, 0.05) is 49.3 Å². The molecule has 4 heterocycles. The summed E-state index contributed by atoms with van der Waals surface area (Å²) >= 11 is 0. The molecule has 8 N–H and O–H groups in total. The second-order valence-corrected chi connectivity index (χ2v) is 13.1. The Labute approximate surface area is 282 Å². The number of pyridine rings is 1. The molecule has 3 aromatic rings. The van der Waals surface area contributed by atoms with E-state index < -0.39 is 23.7 Å². The maximum atomic E-state index is 13.2. The Kier molecular flexibility index (Phi) is 8.31. The van der Waals surface area contributed by atoms with Gasteiger partial charge < -0.3 is 37.4 Å². The Morgan fingerprint density at radius 3 is 2.53 bits per heavy atom. The Hall–Kier alpha value is -4.96. The van der Waals surface area contributed by atoms with Crippen molar-refractivity contribution < 1.29 is 23.5 Å². The van der Waals surface area contributed by atoms with Gasteiger partial charge in [-0.2, -0.15) is 5.10 Å². The number of allylic oxidation sites excluding steroid dienone is 1. The molecule has 4 aliphatic rings. The van der Waals surface area contributed by atoms with E-state index in [1.54, 1.807) is 11.1 Å². The highest BCUT2D eigenvalue weighted by molar-refractivity contribution is 6.14. The van der Waals surface area contributed by atoms with Gasteiger partial charge in [0.15, 0.2) is 0 Å². The molecule has 254 valence electrons. The normalized spacial score (nSPS) is 19.7. The molecule has 1 atom stereocenters. The SMILES string of the molecule is [B]C(O)(c1cccc(C(F)F)n1)N1CC(n2ncc3c2CN(C)c2c(NC(/C=C(\N)NC(=O)C4CC4)=C(/N)C(=O)NC4CC4)cccc2-3)C1. The van der Waals surface area contributed by atoms with Gasteiger partial charge in [-0.25, -0.2) is 13.8 Å². The number of anilines is 2. The highest BCUT2D eigenvalue weighted by atomic mass is 19.3. The lowest BCUT2D eigenvalue weighted by Crippen LogP contribution is -2.59. The number of para-hydroxylation sites is 1. The second-order valence-electron chi connectivity index (χ2n) is 13.1. The molecule has 7 rings (SSSR count). The molecule has 1 saturated heterocycles. The average Bonchev–Trinajstić information content (AvgIpc) is 3.98. The van der Waals surface area contributed by atoms with E-state index in [9.17, 15) is 23.5 Å². The molecule has 49 heavy (non-hydrogen) atoms. The lowest BCUT2D eigenvalue weighted by molar-refractivity contribution is -0.121. The zero-order chi connectivity index (χ0) is 34.6. The highest BCUT2D eigenvalue weighted by Gasteiger charge is 2.43. The number of amides is 2. The molecular weight excluding hydrogens is 633 g/mol. The highest BCUT2D eigenvalue weighted by Crippen LogP contribution is 2.45. The summed E-state index contributed by atoms with van der Waals surface area (Å²) in [6, 6.07) is 9.68. The monoisotopic (exact) mass is 670 g/mol. The van der Waals surface area contributed by atoms with Gasteiger partial charge in [-0.05, 0) is 43.9 Å². The van der Waals surface area contributed by atoms with Crippen molar-refractivity contribution in [1.82, 2.24) is 30.3 Å². The topological polar surface area (TPSA) is 180 Å². The number of benzene rings is 1. The summed E-state index contributed by atoms with van der Waals surface area (Å²) in [4.78, 5) is 32.9. The molecule has 1 unspecified atom stereocenters. The molecule has 2 saturated carbocycles. The van der Waals surface area contributed by atoms with Crippen molar-refractivity contribution in [2.24, 2.45) is 17.4 Å². The first-order valence-electron chi connectivity index (χ1n) is 16.2. The van der Waals surface area contributed by atoms with E-state index in [4.69, 9.17) is 24.4 Å². The van der Waals surface area contributed by atoms with Crippen LogP contribution in [0.1, 0.15) is 55.2 Å². The van der Waals surface area contributed by atoms with E-state index in [-0.39, 0.29) is 46.8 Å². The van der Waals surface area contributed by atoms with Crippen LogP contribution in [0.25, 0.3) is 11.1 Å². The fourth-order valence-electron chi connectivity index (χ4n) is 6.21. The summed E-state index contributed by atoms with van der Waals surface area (Å²) in [5, 5.41) is 24.7. The van der Waals surface area contributed by atoms with Crippen molar-refractivity contribution in [3.63, 3.8) is 0 Å². The second kappa shape index (κ2) is 12.5. The van der Waals surface area contributed by atoms with Gasteiger partial charge in [0.2, 0.25) is 5.91 Å². The predicted molar refractivity (Wildman–Crippen MR) is 178 cm³/mol. The minimum atomic E-state index is -2.79. The van der Waals surface area contributed by atoms with Crippen molar-refractivity contribution >= 4 is 31.0 Å². The quantitative estimate of drug-likeness (QED) is 0.100. The smallest absolute Gasteiger partial charge is 0.280 e. The number of halogens is 2. The van der Waals surface area contributed by atoms with Crippen LogP contribution >= 0.6 is 0 Å². The molecule has 0 bridgehead atoms. The van der Waals surface area contributed by atoms with Gasteiger partial charge in [0.05, 0.1) is 47.2 Å². The van der Waals surface area contributed by atoms with E-state index >= 15 is 0 Å². The van der Waals surface area contributed by atoms with E-state index in [2.05, 4.69) is 20.9 Å². The molecule has 3 fully saturated rings. The number of hydrogen-bond donors (Lipinski definition) is 6. The van der Waals surface area contributed by atoms with Gasteiger partial charge in [-0.15, -0.1) is 0 Å². The zero-order valence-electron chi connectivity index (χ0n) is 26.9. The van der Waals surface area contributed by atoms with Crippen LogP contribution in [0.2, 0.25) is 0 Å². The van der Waals surface area contributed by atoms with Crippen LogP contribution < -0.4 is 32.3 Å². The third-order valence-corrected chi connectivity index (χ3v) is 9.29. The number of fused-ring (bicyclic) bond motifs is 3. The maximum Gasteiger partial charge on any atom is 0.280 e. The standard InChI is InChI=1S/C33H37BF2N10O3/c1-44-16-25-21(13-39-46(25)19-14-45(15-19)33(34,49)26-7-3-6-23(42-26)30(35)36)20-4-2-5-22(29(20)44)41-24(28(38)32(48)40-18-10-11-18)12-27(37)43-31(47)17-8-9-17/h2-7,12-13,17-19,30,41,49H,8-11,14-16,37-38H2,1H3,(H,40,48)(H,43,47)/b27-12+,28-24+. The van der Waals surface area contributed by atoms with Crippen LogP contribution in [0.4, 0.5) is 20.2 Å². The number of nitrogens with two attached hydrogens (primary N) is 2. The van der Waals surface area contributed by atoms with Crippen molar-refractivity contribution in [3.05, 3.63) is 83.0 Å². The van der Waals surface area contributed by atoms with Gasteiger partial charge in [0.25, 0.3) is 12.3 Å². The van der Waals surface area contributed by atoms with Gasteiger partial charge in [-0.3, -0.25) is 19.2 Å². The van der Waals surface area contributed by atoms with E-state index in [0.29, 0.717) is 25.3 Å². The Balaban J connectivity index is 1.13. The summed E-state index contributed by atoms with van der Waals surface area (Å²) in [6.07, 6.45) is 3.88. The van der Waals surface area contributed by atoms with Crippen LogP contribution in [0.3, 0.4) is 0 Å². The zero-order valence-corrected chi connectivity index (χ0v) is 26.9. The van der Waals surface area contributed by atoms with Crippen LogP contribution in [0.15, 0.2) is 65.9 Å². The molecule has 2 aliphatic heterocycles. The van der Waals surface area contributed by atoms with Gasteiger partial charge >= 0.3 is 0 Å². The maximum absolute atomic E-state index is 13.2. The molecule has 16 heteroatoms. The van der Waals surface area contributed by atoms with Crippen LogP contribution in [-0.4, -0.2) is 70.6 Å².